The topological polar surface area (TPSA) is 21.3 Å². The smallest absolute Gasteiger partial charge is 0.201 e. The van der Waals surface area contributed by atoms with Crippen LogP contribution in [0.3, 0.4) is 0 Å². The van der Waals surface area contributed by atoms with E-state index in [0.29, 0.717) is 27.4 Å². The molecule has 6 heteroatoms. The molecule has 0 unspecified atom stereocenters. The normalized spacial score (nSPS) is 10.7. The number of halogens is 4. The molecule has 2 aromatic rings. The number of ether oxygens (including phenoxy) is 1. The zero-order valence-corrected chi connectivity index (χ0v) is 12.9. The first-order valence-electron chi connectivity index (χ1n) is 5.77. The van der Waals surface area contributed by atoms with Crippen LogP contribution in [-0.2, 0) is 6.54 Å². The molecule has 0 amide bonds. The minimum atomic E-state index is -1.04. The van der Waals surface area contributed by atoms with E-state index >= 15 is 0 Å². The summed E-state index contributed by atoms with van der Waals surface area (Å²) in [4.78, 5) is 0. The van der Waals surface area contributed by atoms with Gasteiger partial charge in [0.05, 0.1) is 0 Å². The monoisotopic (exact) mass is 361 g/mol. The van der Waals surface area contributed by atoms with Crippen molar-refractivity contribution in [2.75, 3.05) is 7.05 Å². The molecule has 20 heavy (non-hydrogen) atoms. The van der Waals surface area contributed by atoms with Gasteiger partial charge in [0.2, 0.25) is 5.82 Å². The summed E-state index contributed by atoms with van der Waals surface area (Å²) in [6.07, 6.45) is 0. The fourth-order valence-electron chi connectivity index (χ4n) is 1.71. The van der Waals surface area contributed by atoms with Crippen molar-refractivity contribution in [2.24, 2.45) is 0 Å². The fourth-order valence-corrected chi connectivity index (χ4v) is 2.35. The van der Waals surface area contributed by atoms with Gasteiger partial charge in [-0.05, 0) is 31.3 Å². The quantitative estimate of drug-likeness (QED) is 0.782. The highest BCUT2D eigenvalue weighted by Crippen LogP contribution is 2.33. The van der Waals surface area contributed by atoms with Crippen LogP contribution in [0, 0.1) is 11.6 Å². The third-order valence-corrected chi connectivity index (χ3v) is 3.42. The van der Waals surface area contributed by atoms with E-state index in [1.54, 1.807) is 25.2 Å². The lowest BCUT2D eigenvalue weighted by molar-refractivity contribution is 0.411. The summed E-state index contributed by atoms with van der Waals surface area (Å²) in [6, 6.07) is 7.44. The molecular formula is C14H11BrClF2NO. The van der Waals surface area contributed by atoms with E-state index in [2.05, 4.69) is 21.2 Å². The Balaban J connectivity index is 2.42. The predicted molar refractivity (Wildman–Crippen MR) is 78.3 cm³/mol. The standard InChI is InChI=1S/C14H11BrClF2NO/c1-19-7-9-10(16)3-2-4-12(9)20-13-6-8(15)5-11(17)14(13)18/h2-6,19H,7H2,1H3. The molecule has 0 heterocycles. The van der Waals surface area contributed by atoms with Crippen LogP contribution in [-0.4, -0.2) is 7.05 Å². The van der Waals surface area contributed by atoms with Crippen LogP contribution in [0.1, 0.15) is 5.56 Å². The van der Waals surface area contributed by atoms with Gasteiger partial charge >= 0.3 is 0 Å². The summed E-state index contributed by atoms with van der Waals surface area (Å²) in [5, 5.41) is 3.44. The van der Waals surface area contributed by atoms with Crippen molar-refractivity contribution >= 4 is 27.5 Å². The first-order chi connectivity index (χ1) is 9.52. The summed E-state index contributed by atoms with van der Waals surface area (Å²) < 4.78 is 32.9. The predicted octanol–water partition coefficient (Wildman–Crippen LogP) is 4.89. The lowest BCUT2D eigenvalue weighted by atomic mass is 10.2. The Morgan fingerprint density at radius 1 is 1.25 bits per heavy atom. The summed E-state index contributed by atoms with van der Waals surface area (Å²) in [6.45, 7) is 0.451. The SMILES string of the molecule is CNCc1c(Cl)cccc1Oc1cc(Br)cc(F)c1F. The van der Waals surface area contributed by atoms with Gasteiger partial charge in [-0.15, -0.1) is 0 Å². The van der Waals surface area contributed by atoms with Crippen molar-refractivity contribution in [1.29, 1.82) is 0 Å². The molecule has 0 aliphatic rings. The zero-order chi connectivity index (χ0) is 14.7. The average Bonchev–Trinajstić information content (AvgIpc) is 2.39. The molecule has 2 rings (SSSR count). The van der Waals surface area contributed by atoms with Crippen molar-refractivity contribution in [1.82, 2.24) is 5.32 Å². The van der Waals surface area contributed by atoms with E-state index in [4.69, 9.17) is 16.3 Å². The summed E-state index contributed by atoms with van der Waals surface area (Å²) in [5.74, 6) is -1.84. The van der Waals surface area contributed by atoms with Gasteiger partial charge in [-0.25, -0.2) is 4.39 Å². The highest BCUT2D eigenvalue weighted by Gasteiger charge is 2.15. The van der Waals surface area contributed by atoms with E-state index < -0.39 is 11.6 Å². The maximum atomic E-state index is 13.7. The minimum absolute atomic E-state index is 0.198. The Morgan fingerprint density at radius 3 is 2.70 bits per heavy atom. The number of hydrogen-bond donors (Lipinski definition) is 1. The van der Waals surface area contributed by atoms with Gasteiger partial charge in [-0.1, -0.05) is 33.6 Å². The first-order valence-corrected chi connectivity index (χ1v) is 6.94. The molecule has 106 valence electrons. The van der Waals surface area contributed by atoms with E-state index in [-0.39, 0.29) is 5.75 Å². The van der Waals surface area contributed by atoms with Gasteiger partial charge in [0.15, 0.2) is 11.6 Å². The number of benzene rings is 2. The van der Waals surface area contributed by atoms with Crippen LogP contribution in [0.25, 0.3) is 0 Å². The lowest BCUT2D eigenvalue weighted by Crippen LogP contribution is -2.07. The molecule has 0 atom stereocenters. The van der Waals surface area contributed by atoms with Crippen LogP contribution in [0.2, 0.25) is 5.02 Å². The molecule has 2 nitrogen and oxygen atoms in total. The van der Waals surface area contributed by atoms with Crippen molar-refractivity contribution in [2.45, 2.75) is 6.54 Å². The Kier molecular flexibility index (Phi) is 4.96. The highest BCUT2D eigenvalue weighted by atomic mass is 79.9. The summed E-state index contributed by atoms with van der Waals surface area (Å²) in [5.41, 5.74) is 0.677. The molecule has 0 radical (unpaired) electrons. The highest BCUT2D eigenvalue weighted by molar-refractivity contribution is 9.10. The van der Waals surface area contributed by atoms with Crippen molar-refractivity contribution in [3.8, 4) is 11.5 Å². The van der Waals surface area contributed by atoms with Gasteiger partial charge in [-0.2, -0.15) is 4.39 Å². The number of hydrogen-bond acceptors (Lipinski definition) is 2. The minimum Gasteiger partial charge on any atom is -0.454 e. The Bertz CT molecular complexity index is 637. The van der Waals surface area contributed by atoms with Crippen LogP contribution >= 0.6 is 27.5 Å². The molecule has 0 aliphatic carbocycles. The Hall–Kier alpha value is -1.17. The van der Waals surface area contributed by atoms with Gasteiger partial charge in [0.25, 0.3) is 0 Å². The maximum absolute atomic E-state index is 13.7. The molecule has 0 saturated heterocycles. The van der Waals surface area contributed by atoms with Crippen molar-refractivity contribution < 1.29 is 13.5 Å². The first kappa shape index (κ1) is 15.2. The Labute approximate surface area is 128 Å². The van der Waals surface area contributed by atoms with Gasteiger partial charge in [-0.3, -0.25) is 0 Å². The van der Waals surface area contributed by atoms with Crippen LogP contribution < -0.4 is 10.1 Å². The zero-order valence-electron chi connectivity index (χ0n) is 10.5. The fraction of sp³-hybridized carbons (Fsp3) is 0.143. The van der Waals surface area contributed by atoms with Crippen molar-refractivity contribution in [3.05, 3.63) is 57.0 Å². The molecule has 0 saturated carbocycles. The largest absolute Gasteiger partial charge is 0.454 e. The van der Waals surface area contributed by atoms with E-state index in [9.17, 15) is 8.78 Å². The van der Waals surface area contributed by atoms with Crippen molar-refractivity contribution in [3.63, 3.8) is 0 Å². The average molecular weight is 363 g/mol. The third kappa shape index (κ3) is 3.29. The summed E-state index contributed by atoms with van der Waals surface area (Å²) in [7, 11) is 1.76. The molecule has 0 spiro atoms. The van der Waals surface area contributed by atoms with Crippen LogP contribution in [0.5, 0.6) is 11.5 Å². The second-order valence-corrected chi connectivity index (χ2v) is 5.37. The molecule has 2 aromatic carbocycles. The van der Waals surface area contributed by atoms with E-state index in [1.807, 2.05) is 0 Å². The number of rotatable bonds is 4. The maximum Gasteiger partial charge on any atom is 0.201 e. The van der Waals surface area contributed by atoms with E-state index in [0.717, 1.165) is 6.07 Å². The van der Waals surface area contributed by atoms with E-state index in [1.165, 1.54) is 6.07 Å². The van der Waals surface area contributed by atoms with Gasteiger partial charge < -0.3 is 10.1 Å². The molecule has 0 fully saturated rings. The van der Waals surface area contributed by atoms with Gasteiger partial charge in [0.1, 0.15) is 5.75 Å². The van der Waals surface area contributed by atoms with Crippen LogP contribution in [0.4, 0.5) is 8.78 Å². The Morgan fingerprint density at radius 2 is 2.00 bits per heavy atom. The third-order valence-electron chi connectivity index (χ3n) is 2.61. The van der Waals surface area contributed by atoms with Crippen LogP contribution in [0.15, 0.2) is 34.8 Å². The molecule has 0 bridgehead atoms. The molecule has 1 N–H and O–H groups in total. The molecular weight excluding hydrogens is 352 g/mol. The summed E-state index contributed by atoms with van der Waals surface area (Å²) >= 11 is 9.18. The second-order valence-electron chi connectivity index (χ2n) is 4.05. The second kappa shape index (κ2) is 6.52. The molecule has 0 aliphatic heterocycles. The molecule has 0 aromatic heterocycles. The van der Waals surface area contributed by atoms with Gasteiger partial charge in [0, 0.05) is 21.6 Å². The number of nitrogens with one attached hydrogen (secondary N) is 1. The lowest BCUT2D eigenvalue weighted by Gasteiger charge is -2.13.